The number of rotatable bonds is 10. The van der Waals surface area contributed by atoms with E-state index in [-0.39, 0.29) is 18.4 Å². The SMILES string of the molecule is CC(C)(C)OC(=O)N[C@@H](Cc1ccccc1)[C@@H](O)C[C@H](Cc1ccccc1)C(=O)NC1Cc2ccccc2C1. The Morgan fingerprint density at radius 2 is 1.36 bits per heavy atom. The van der Waals surface area contributed by atoms with Crippen LogP contribution < -0.4 is 10.6 Å². The Labute approximate surface area is 231 Å². The molecule has 0 unspecified atom stereocenters. The summed E-state index contributed by atoms with van der Waals surface area (Å²) in [5, 5.41) is 17.6. The molecule has 0 bridgehead atoms. The monoisotopic (exact) mass is 528 g/mol. The van der Waals surface area contributed by atoms with Gasteiger partial charge >= 0.3 is 6.09 Å². The molecule has 0 radical (unpaired) electrons. The minimum absolute atomic E-state index is 0.0327. The Bertz CT molecular complexity index is 1200. The third-order valence-corrected chi connectivity index (χ3v) is 7.08. The lowest BCUT2D eigenvalue weighted by atomic mass is 9.88. The molecular weight excluding hydrogens is 488 g/mol. The average molecular weight is 529 g/mol. The van der Waals surface area contributed by atoms with Crippen LogP contribution in [0.1, 0.15) is 49.4 Å². The second-order valence-electron chi connectivity index (χ2n) is 11.5. The zero-order valence-corrected chi connectivity index (χ0v) is 23.1. The highest BCUT2D eigenvalue weighted by atomic mass is 16.6. The van der Waals surface area contributed by atoms with Crippen molar-refractivity contribution in [3.63, 3.8) is 0 Å². The maximum absolute atomic E-state index is 13.6. The number of aliphatic hydroxyl groups excluding tert-OH is 1. The Morgan fingerprint density at radius 1 is 0.846 bits per heavy atom. The van der Waals surface area contributed by atoms with Crippen LogP contribution in [0.4, 0.5) is 4.79 Å². The van der Waals surface area contributed by atoms with Crippen molar-refractivity contribution in [3.05, 3.63) is 107 Å². The third kappa shape index (κ3) is 8.69. The summed E-state index contributed by atoms with van der Waals surface area (Å²) in [5.74, 6) is -0.545. The van der Waals surface area contributed by atoms with Crippen molar-refractivity contribution in [2.75, 3.05) is 0 Å². The Morgan fingerprint density at radius 3 is 1.90 bits per heavy atom. The Kier molecular flexibility index (Phi) is 9.41. The predicted octanol–water partition coefficient (Wildman–Crippen LogP) is 5.02. The molecule has 0 aliphatic heterocycles. The first-order valence-electron chi connectivity index (χ1n) is 13.8. The first-order chi connectivity index (χ1) is 18.7. The van der Waals surface area contributed by atoms with Gasteiger partial charge in [-0.05, 0) is 75.1 Å². The van der Waals surface area contributed by atoms with E-state index in [1.54, 1.807) is 20.8 Å². The molecule has 3 aromatic carbocycles. The number of carbonyl (C=O) groups excluding carboxylic acids is 2. The quantitative estimate of drug-likeness (QED) is 0.345. The van der Waals surface area contributed by atoms with Crippen LogP contribution in [-0.4, -0.2) is 40.9 Å². The Hall–Kier alpha value is -3.64. The van der Waals surface area contributed by atoms with Gasteiger partial charge in [0, 0.05) is 12.0 Å². The zero-order chi connectivity index (χ0) is 27.8. The van der Waals surface area contributed by atoms with Crippen LogP contribution >= 0.6 is 0 Å². The lowest BCUT2D eigenvalue weighted by Gasteiger charge is -2.29. The van der Waals surface area contributed by atoms with Crippen LogP contribution in [-0.2, 0) is 35.2 Å². The maximum atomic E-state index is 13.6. The van der Waals surface area contributed by atoms with Crippen molar-refractivity contribution in [2.24, 2.45) is 5.92 Å². The average Bonchev–Trinajstić information content (AvgIpc) is 3.30. The van der Waals surface area contributed by atoms with Gasteiger partial charge in [0.15, 0.2) is 0 Å². The fourth-order valence-corrected chi connectivity index (χ4v) is 5.23. The van der Waals surface area contributed by atoms with Crippen LogP contribution in [0.3, 0.4) is 0 Å². The van der Waals surface area contributed by atoms with Gasteiger partial charge in [0.2, 0.25) is 5.91 Å². The lowest BCUT2D eigenvalue weighted by Crippen LogP contribution is -2.49. The molecule has 4 rings (SSSR count). The van der Waals surface area contributed by atoms with E-state index in [9.17, 15) is 14.7 Å². The number of alkyl carbamates (subject to hydrolysis) is 1. The van der Waals surface area contributed by atoms with Crippen molar-refractivity contribution >= 4 is 12.0 Å². The highest BCUT2D eigenvalue weighted by molar-refractivity contribution is 5.79. The van der Waals surface area contributed by atoms with Crippen molar-refractivity contribution in [2.45, 2.75) is 76.7 Å². The lowest BCUT2D eigenvalue weighted by molar-refractivity contribution is -0.126. The second-order valence-corrected chi connectivity index (χ2v) is 11.5. The minimum atomic E-state index is -0.960. The molecule has 0 heterocycles. The summed E-state index contributed by atoms with van der Waals surface area (Å²) in [6.07, 6.45) is 1.17. The van der Waals surface area contributed by atoms with Crippen molar-refractivity contribution in [1.29, 1.82) is 0 Å². The van der Waals surface area contributed by atoms with E-state index in [1.165, 1.54) is 11.1 Å². The van der Waals surface area contributed by atoms with Crippen LogP contribution in [0.25, 0.3) is 0 Å². The second kappa shape index (κ2) is 12.9. The van der Waals surface area contributed by atoms with Gasteiger partial charge in [-0.1, -0.05) is 84.9 Å². The maximum Gasteiger partial charge on any atom is 0.407 e. The predicted molar refractivity (Wildman–Crippen MR) is 153 cm³/mol. The van der Waals surface area contributed by atoms with Crippen LogP contribution in [0.2, 0.25) is 0 Å². The summed E-state index contributed by atoms with van der Waals surface area (Å²) >= 11 is 0. The number of amides is 2. The highest BCUT2D eigenvalue weighted by Gasteiger charge is 2.32. The summed E-state index contributed by atoms with van der Waals surface area (Å²) in [6.45, 7) is 5.41. The van der Waals surface area contributed by atoms with Gasteiger partial charge in [-0.3, -0.25) is 4.79 Å². The molecule has 3 atom stereocenters. The fraction of sp³-hybridized carbons (Fsp3) is 0.394. The third-order valence-electron chi connectivity index (χ3n) is 7.08. The smallest absolute Gasteiger partial charge is 0.407 e. The molecule has 39 heavy (non-hydrogen) atoms. The van der Waals surface area contributed by atoms with Crippen molar-refractivity contribution in [1.82, 2.24) is 10.6 Å². The number of hydrogen-bond acceptors (Lipinski definition) is 4. The van der Waals surface area contributed by atoms with Gasteiger partial charge < -0.3 is 20.5 Å². The first kappa shape index (κ1) is 28.4. The van der Waals surface area contributed by atoms with E-state index in [0.29, 0.717) is 12.8 Å². The molecule has 0 fully saturated rings. The van der Waals surface area contributed by atoms with Crippen LogP contribution in [0.5, 0.6) is 0 Å². The normalized spacial score (nSPS) is 15.6. The number of benzene rings is 3. The molecule has 2 amide bonds. The molecule has 6 heteroatoms. The summed E-state index contributed by atoms with van der Waals surface area (Å²) in [6, 6.07) is 27.3. The van der Waals surface area contributed by atoms with Gasteiger partial charge in [-0.25, -0.2) is 4.79 Å². The number of nitrogens with one attached hydrogen (secondary N) is 2. The summed E-state index contributed by atoms with van der Waals surface area (Å²) in [4.78, 5) is 26.3. The summed E-state index contributed by atoms with van der Waals surface area (Å²) in [7, 11) is 0. The van der Waals surface area contributed by atoms with Crippen molar-refractivity contribution < 1.29 is 19.4 Å². The molecule has 206 valence electrons. The van der Waals surface area contributed by atoms with Gasteiger partial charge in [0.05, 0.1) is 12.1 Å². The molecule has 6 nitrogen and oxygen atoms in total. The topological polar surface area (TPSA) is 87.7 Å². The van der Waals surface area contributed by atoms with E-state index in [2.05, 4.69) is 22.8 Å². The molecule has 3 aromatic rings. The number of carbonyl (C=O) groups is 2. The number of aliphatic hydroxyl groups is 1. The van der Waals surface area contributed by atoms with Gasteiger partial charge in [0.1, 0.15) is 5.60 Å². The summed E-state index contributed by atoms with van der Waals surface area (Å²) < 4.78 is 5.48. The van der Waals surface area contributed by atoms with Crippen LogP contribution in [0.15, 0.2) is 84.9 Å². The molecule has 1 aliphatic carbocycles. The molecule has 1 aliphatic rings. The molecule has 0 aromatic heterocycles. The van der Waals surface area contributed by atoms with Crippen LogP contribution in [0, 0.1) is 5.92 Å². The number of ether oxygens (including phenoxy) is 1. The number of fused-ring (bicyclic) bond motifs is 1. The molecule has 3 N–H and O–H groups in total. The van der Waals surface area contributed by atoms with E-state index in [1.807, 2.05) is 72.8 Å². The van der Waals surface area contributed by atoms with E-state index in [0.717, 1.165) is 24.0 Å². The standard InChI is InChI=1S/C33H40N2O4/c1-33(2,3)39-32(38)35-29(19-24-14-8-5-9-15-24)30(36)22-27(18-23-12-6-4-7-13-23)31(37)34-28-20-25-16-10-11-17-26(25)21-28/h4-17,27-30,36H,18-22H2,1-3H3,(H,34,37)(H,35,38)/t27-,29-,30-/m0/s1. The first-order valence-corrected chi connectivity index (χ1v) is 13.8. The molecule has 0 spiro atoms. The van der Waals surface area contributed by atoms with Gasteiger partial charge in [-0.15, -0.1) is 0 Å². The Balaban J connectivity index is 1.49. The largest absolute Gasteiger partial charge is 0.444 e. The molecule has 0 saturated heterocycles. The zero-order valence-electron chi connectivity index (χ0n) is 23.1. The van der Waals surface area contributed by atoms with E-state index in [4.69, 9.17) is 4.74 Å². The minimum Gasteiger partial charge on any atom is -0.444 e. The highest BCUT2D eigenvalue weighted by Crippen LogP contribution is 2.24. The van der Waals surface area contributed by atoms with Gasteiger partial charge in [-0.2, -0.15) is 0 Å². The molecule has 0 saturated carbocycles. The fourth-order valence-electron chi connectivity index (χ4n) is 5.23. The molecular formula is C33H40N2O4. The number of hydrogen-bond donors (Lipinski definition) is 3. The van der Waals surface area contributed by atoms with E-state index >= 15 is 0 Å². The van der Waals surface area contributed by atoms with Gasteiger partial charge in [0.25, 0.3) is 0 Å². The summed E-state index contributed by atoms with van der Waals surface area (Å²) in [5.41, 5.74) is 3.88. The van der Waals surface area contributed by atoms with Crippen molar-refractivity contribution in [3.8, 4) is 0 Å². The van der Waals surface area contributed by atoms with E-state index < -0.39 is 29.8 Å².